The second-order valence-electron chi connectivity index (χ2n) is 9.69. The second kappa shape index (κ2) is 9.70. The van der Waals surface area contributed by atoms with Gasteiger partial charge < -0.3 is 14.5 Å². The first-order valence-corrected chi connectivity index (χ1v) is 13.4. The number of aliphatic hydroxyl groups excluding tert-OH is 1. The number of fused-ring (bicyclic) bond motifs is 3. The maximum Gasteiger partial charge on any atom is 0.422 e. The van der Waals surface area contributed by atoms with Crippen LogP contribution in [0.2, 0.25) is 0 Å². The summed E-state index contributed by atoms with van der Waals surface area (Å²) in [7, 11) is 0. The van der Waals surface area contributed by atoms with Crippen LogP contribution in [0.25, 0.3) is 32.5 Å². The first-order valence-electron chi connectivity index (χ1n) is 12.5. The summed E-state index contributed by atoms with van der Waals surface area (Å²) < 4.78 is 47.8. The van der Waals surface area contributed by atoms with Crippen LogP contribution < -0.4 is 0 Å². The number of aryl methyl sites for hydroxylation is 2. The molecule has 0 saturated carbocycles. The first-order chi connectivity index (χ1) is 17.9. The molecular weight excluding hydrogens is 499 g/mol. The zero-order valence-corrected chi connectivity index (χ0v) is 20.9. The molecule has 2 aromatic heterocycles. The van der Waals surface area contributed by atoms with Crippen molar-refractivity contribution in [1.82, 2.24) is 15.0 Å². The predicted molar refractivity (Wildman–Crippen MR) is 136 cm³/mol. The summed E-state index contributed by atoms with van der Waals surface area (Å²) in [6, 6.07) is 14.2. The third kappa shape index (κ3) is 4.71. The average Bonchev–Trinajstić information content (AvgIpc) is 3.54. The molecule has 1 aliphatic carbocycles. The molecule has 3 heterocycles. The number of rotatable bonds is 5. The molecule has 192 valence electrons. The lowest BCUT2D eigenvalue weighted by molar-refractivity contribution is -0.136. The fourth-order valence-corrected chi connectivity index (χ4v) is 6.47. The highest BCUT2D eigenvalue weighted by Crippen LogP contribution is 2.47. The Balaban J connectivity index is 1.32. The van der Waals surface area contributed by atoms with Crippen LogP contribution in [0.3, 0.4) is 0 Å². The number of piperidine rings is 1. The van der Waals surface area contributed by atoms with E-state index in [1.165, 1.54) is 30.6 Å². The normalized spacial score (nSPS) is 16.9. The van der Waals surface area contributed by atoms with E-state index in [0.717, 1.165) is 40.4 Å². The van der Waals surface area contributed by atoms with Crippen molar-refractivity contribution in [1.29, 1.82) is 0 Å². The molecule has 0 spiro atoms. The number of aliphatic hydroxyl groups is 1. The number of nitrogens with zero attached hydrogens (tertiary/aromatic N) is 3. The fraction of sp³-hybridized carbons (Fsp3) is 0.357. The van der Waals surface area contributed by atoms with E-state index < -0.39 is 17.8 Å². The average molecular weight is 526 g/mol. The number of alkyl halides is 3. The summed E-state index contributed by atoms with van der Waals surface area (Å²) >= 11 is 1.20. The van der Waals surface area contributed by atoms with Crippen molar-refractivity contribution >= 4 is 11.3 Å². The van der Waals surface area contributed by atoms with Crippen LogP contribution in [0.4, 0.5) is 13.2 Å². The van der Waals surface area contributed by atoms with Gasteiger partial charge in [-0.3, -0.25) is 0 Å². The van der Waals surface area contributed by atoms with Crippen LogP contribution >= 0.6 is 11.3 Å². The van der Waals surface area contributed by atoms with Gasteiger partial charge in [0.25, 0.3) is 0 Å². The zero-order valence-electron chi connectivity index (χ0n) is 20.1. The number of hydrogen-bond acceptors (Lipinski definition) is 6. The smallest absolute Gasteiger partial charge is 0.387 e. The van der Waals surface area contributed by atoms with Crippen molar-refractivity contribution < 1.29 is 22.8 Å². The van der Waals surface area contributed by atoms with Crippen LogP contribution in [0.15, 0.2) is 53.1 Å². The standard InChI is InChI=1S/C28H26F3N3O2S/c29-28(30,31)23-24(17-7-3-1-4-8-17)33-36-25(23)27-32-21-12-10-18-15-19(9-11-20(18)26(21)37-27)22(35)16-34-13-5-2-6-14-34/h1,3-4,7-9,11,15,22,35H,2,5-6,10,12-14,16H2. The maximum atomic E-state index is 14.2. The van der Waals surface area contributed by atoms with E-state index in [0.29, 0.717) is 24.9 Å². The zero-order chi connectivity index (χ0) is 25.6. The molecule has 5 nitrogen and oxygen atoms in total. The molecule has 2 aliphatic rings. The van der Waals surface area contributed by atoms with Crippen molar-refractivity contribution in [2.45, 2.75) is 44.4 Å². The summed E-state index contributed by atoms with van der Waals surface area (Å²) in [4.78, 5) is 7.72. The molecule has 0 radical (unpaired) electrons. The monoisotopic (exact) mass is 525 g/mol. The summed E-state index contributed by atoms with van der Waals surface area (Å²) in [6.07, 6.45) is -0.301. The maximum absolute atomic E-state index is 14.2. The quantitative estimate of drug-likeness (QED) is 0.312. The SMILES string of the molecule is OC(CN1CCCCC1)c1ccc2c(c1)CCc1nc(-c3onc(-c4ccccc4)c3C(F)(F)F)sc1-2. The molecule has 0 bridgehead atoms. The number of aromatic nitrogens is 2. The molecule has 1 N–H and O–H groups in total. The lowest BCUT2D eigenvalue weighted by Gasteiger charge is -2.29. The summed E-state index contributed by atoms with van der Waals surface area (Å²) in [5.41, 5.74) is 2.88. The van der Waals surface area contributed by atoms with E-state index >= 15 is 0 Å². The number of thiazole rings is 1. The van der Waals surface area contributed by atoms with Crippen LogP contribution in [-0.2, 0) is 19.0 Å². The molecule has 1 unspecified atom stereocenters. The van der Waals surface area contributed by atoms with E-state index in [1.54, 1.807) is 30.3 Å². The van der Waals surface area contributed by atoms with Crippen molar-refractivity contribution in [3.63, 3.8) is 0 Å². The van der Waals surface area contributed by atoms with Gasteiger partial charge in [0.2, 0.25) is 5.76 Å². The highest BCUT2D eigenvalue weighted by Gasteiger charge is 2.42. The Kier molecular flexibility index (Phi) is 6.38. The van der Waals surface area contributed by atoms with Crippen molar-refractivity contribution in [3.8, 4) is 32.5 Å². The highest BCUT2D eigenvalue weighted by molar-refractivity contribution is 7.18. The van der Waals surface area contributed by atoms with Gasteiger partial charge in [0.15, 0.2) is 5.01 Å². The molecule has 1 saturated heterocycles. The van der Waals surface area contributed by atoms with E-state index in [-0.39, 0.29) is 16.5 Å². The first kappa shape index (κ1) is 24.3. The van der Waals surface area contributed by atoms with E-state index in [1.807, 2.05) is 18.2 Å². The Morgan fingerprint density at radius 2 is 1.81 bits per heavy atom. The van der Waals surface area contributed by atoms with Gasteiger partial charge in [-0.2, -0.15) is 13.2 Å². The minimum atomic E-state index is -4.65. The number of benzene rings is 2. The Morgan fingerprint density at radius 3 is 2.57 bits per heavy atom. The molecule has 37 heavy (non-hydrogen) atoms. The van der Waals surface area contributed by atoms with E-state index in [9.17, 15) is 18.3 Å². The lowest BCUT2D eigenvalue weighted by atomic mass is 9.91. The Hall–Kier alpha value is -3.01. The summed E-state index contributed by atoms with van der Waals surface area (Å²) in [5, 5.41) is 14.8. The molecule has 1 atom stereocenters. The highest BCUT2D eigenvalue weighted by atomic mass is 32.1. The number of β-amino-alcohol motifs (C(OH)–C–C–N with tert-alkyl or cyclic N) is 1. The Labute approximate surface area is 216 Å². The number of likely N-dealkylation sites (tertiary alicyclic amines) is 1. The molecule has 2 aromatic carbocycles. The molecule has 4 aromatic rings. The van der Waals surface area contributed by atoms with Gasteiger partial charge in [-0.25, -0.2) is 4.98 Å². The molecule has 9 heteroatoms. The number of halogens is 3. The fourth-order valence-electron chi connectivity index (χ4n) is 5.32. The van der Waals surface area contributed by atoms with Crippen LogP contribution in [0.1, 0.15) is 47.8 Å². The van der Waals surface area contributed by atoms with Gasteiger partial charge in [-0.1, -0.05) is 60.1 Å². The van der Waals surface area contributed by atoms with Gasteiger partial charge in [0.1, 0.15) is 11.3 Å². The molecule has 1 fully saturated rings. The molecule has 1 aliphatic heterocycles. The van der Waals surface area contributed by atoms with Gasteiger partial charge in [-0.05, 0) is 55.5 Å². The molecular formula is C28H26F3N3O2S. The lowest BCUT2D eigenvalue weighted by Crippen LogP contribution is -2.33. The van der Waals surface area contributed by atoms with Crippen molar-refractivity contribution in [3.05, 3.63) is 70.9 Å². The number of hydrogen-bond donors (Lipinski definition) is 1. The van der Waals surface area contributed by atoms with Crippen LogP contribution in [0, 0.1) is 0 Å². The Morgan fingerprint density at radius 1 is 1.03 bits per heavy atom. The largest absolute Gasteiger partial charge is 0.422 e. The minimum Gasteiger partial charge on any atom is -0.387 e. The van der Waals surface area contributed by atoms with Gasteiger partial charge in [0.05, 0.1) is 16.7 Å². The van der Waals surface area contributed by atoms with Crippen molar-refractivity contribution in [2.75, 3.05) is 19.6 Å². The van der Waals surface area contributed by atoms with Crippen LogP contribution in [0.5, 0.6) is 0 Å². The summed E-state index contributed by atoms with van der Waals surface area (Å²) in [5.74, 6) is -0.346. The van der Waals surface area contributed by atoms with E-state index in [4.69, 9.17) is 4.52 Å². The molecule has 0 amide bonds. The molecule has 6 rings (SSSR count). The van der Waals surface area contributed by atoms with Crippen LogP contribution in [-0.4, -0.2) is 39.8 Å². The summed E-state index contributed by atoms with van der Waals surface area (Å²) in [6.45, 7) is 2.65. The predicted octanol–water partition coefficient (Wildman–Crippen LogP) is 6.77. The minimum absolute atomic E-state index is 0.175. The third-order valence-electron chi connectivity index (χ3n) is 7.18. The van der Waals surface area contributed by atoms with Gasteiger partial charge in [0, 0.05) is 12.1 Å². The van der Waals surface area contributed by atoms with Gasteiger partial charge in [-0.15, -0.1) is 11.3 Å². The third-order valence-corrected chi connectivity index (χ3v) is 8.31. The topological polar surface area (TPSA) is 62.4 Å². The van der Waals surface area contributed by atoms with Crippen molar-refractivity contribution in [2.24, 2.45) is 0 Å². The van der Waals surface area contributed by atoms with Gasteiger partial charge >= 0.3 is 6.18 Å². The Bertz CT molecular complexity index is 1410. The van der Waals surface area contributed by atoms with E-state index in [2.05, 4.69) is 15.0 Å². The second-order valence-corrected chi connectivity index (χ2v) is 10.7.